The molecule has 0 saturated carbocycles. The van der Waals surface area contributed by atoms with E-state index in [0.29, 0.717) is 9.26 Å². The molecular formula is C12H14INO5. The number of amides is 1. The van der Waals surface area contributed by atoms with Crippen molar-refractivity contribution in [3.63, 3.8) is 0 Å². The van der Waals surface area contributed by atoms with Crippen LogP contribution in [-0.2, 0) is 20.5 Å². The Hall–Kier alpha value is -1.64. The molecule has 0 aromatic heterocycles. The van der Waals surface area contributed by atoms with Gasteiger partial charge in [0.25, 0.3) is 0 Å². The van der Waals surface area contributed by atoms with Gasteiger partial charge < -0.3 is 0 Å². The molecule has 0 aliphatic heterocycles. The average Bonchev–Trinajstić information content (AvgIpc) is 2.26. The molecule has 1 rings (SSSR count). The molecule has 0 aliphatic carbocycles. The number of nitrogens with one attached hydrogen (secondary N) is 1. The second-order valence-corrected chi connectivity index (χ2v) is 6.91. The van der Waals surface area contributed by atoms with E-state index in [0.717, 1.165) is 0 Å². The Bertz CT molecular complexity index is 487. The Balaban J connectivity index is 2.97. The second kappa shape index (κ2) is 7.07. The molecule has 0 aliphatic rings. The molecule has 0 heterocycles. The van der Waals surface area contributed by atoms with E-state index in [1.807, 2.05) is 0 Å². The number of carbonyl (C=O) groups is 3. The number of benzene rings is 1. The van der Waals surface area contributed by atoms with Gasteiger partial charge in [0.15, 0.2) is 0 Å². The molecule has 0 radical (unpaired) electrons. The predicted molar refractivity (Wildman–Crippen MR) is 77.0 cm³/mol. The summed E-state index contributed by atoms with van der Waals surface area (Å²) < 4.78 is 10.8. The molecule has 19 heavy (non-hydrogen) atoms. The SMILES string of the molecule is CC(=O)Nc1cccc(I(OC(C)=O)OC(C)=O)c1. The standard InChI is InChI=1S/C12H14INO5/c1-8(15)14-12-6-4-5-11(7-12)13(18-9(2)16)19-10(3)17/h4-7H,1-3H3,(H,14,15). The van der Waals surface area contributed by atoms with Gasteiger partial charge in [0, 0.05) is 0 Å². The Morgan fingerprint density at radius 1 is 1.05 bits per heavy atom. The van der Waals surface area contributed by atoms with Crippen molar-refractivity contribution in [2.24, 2.45) is 0 Å². The van der Waals surface area contributed by atoms with E-state index in [1.165, 1.54) is 20.8 Å². The van der Waals surface area contributed by atoms with Crippen LogP contribution in [0.2, 0.25) is 0 Å². The minimum absolute atomic E-state index is 0.211. The predicted octanol–water partition coefficient (Wildman–Crippen LogP) is 2.28. The average molecular weight is 379 g/mol. The van der Waals surface area contributed by atoms with Gasteiger partial charge in [0.05, 0.1) is 0 Å². The van der Waals surface area contributed by atoms with Crippen molar-refractivity contribution in [1.82, 2.24) is 0 Å². The number of anilines is 1. The van der Waals surface area contributed by atoms with Gasteiger partial charge in [-0.2, -0.15) is 0 Å². The summed E-state index contributed by atoms with van der Waals surface area (Å²) in [5.41, 5.74) is 0.562. The quantitative estimate of drug-likeness (QED) is 0.812. The van der Waals surface area contributed by atoms with Crippen LogP contribution in [0, 0.1) is 3.57 Å². The molecule has 6 nitrogen and oxygen atoms in total. The Morgan fingerprint density at radius 2 is 1.63 bits per heavy atom. The molecule has 0 spiro atoms. The first-order chi connectivity index (χ1) is 8.88. The van der Waals surface area contributed by atoms with Crippen molar-refractivity contribution in [2.75, 3.05) is 5.32 Å². The fraction of sp³-hybridized carbons (Fsp3) is 0.250. The first-order valence-electron chi connectivity index (χ1n) is 5.34. The van der Waals surface area contributed by atoms with E-state index in [1.54, 1.807) is 24.3 Å². The van der Waals surface area contributed by atoms with E-state index < -0.39 is 32.6 Å². The summed E-state index contributed by atoms with van der Waals surface area (Å²) in [5.74, 6) is -1.22. The summed E-state index contributed by atoms with van der Waals surface area (Å²) in [6.45, 7) is 3.90. The van der Waals surface area contributed by atoms with Crippen LogP contribution in [0.3, 0.4) is 0 Å². The summed E-state index contributed by atoms with van der Waals surface area (Å²) in [5, 5.41) is 2.61. The van der Waals surface area contributed by atoms with E-state index >= 15 is 0 Å². The van der Waals surface area contributed by atoms with E-state index in [4.69, 9.17) is 6.13 Å². The molecule has 0 fully saturated rings. The van der Waals surface area contributed by atoms with Crippen LogP contribution < -0.4 is 5.32 Å². The third kappa shape index (κ3) is 5.69. The molecule has 0 atom stereocenters. The van der Waals surface area contributed by atoms with Gasteiger partial charge in [-0.1, -0.05) is 0 Å². The Kier molecular flexibility index (Phi) is 5.74. The molecule has 1 N–H and O–H groups in total. The number of hydrogen-bond donors (Lipinski definition) is 1. The summed E-state index contributed by atoms with van der Waals surface area (Å²) in [4.78, 5) is 33.0. The van der Waals surface area contributed by atoms with Crippen molar-refractivity contribution >= 4 is 44.2 Å². The fourth-order valence-electron chi connectivity index (χ4n) is 1.17. The zero-order chi connectivity index (χ0) is 14.4. The molecule has 0 unspecified atom stereocenters. The Morgan fingerprint density at radius 3 is 2.11 bits per heavy atom. The number of halogens is 1. The fourth-order valence-corrected chi connectivity index (χ4v) is 3.98. The maximum absolute atomic E-state index is 11.0. The molecule has 0 bridgehead atoms. The normalized spacial score (nSPS) is 10.4. The summed E-state index contributed by atoms with van der Waals surface area (Å²) in [6.07, 6.45) is 0. The van der Waals surface area contributed by atoms with Gasteiger partial charge in [0.1, 0.15) is 0 Å². The molecule has 1 amide bonds. The zero-order valence-corrected chi connectivity index (χ0v) is 12.9. The van der Waals surface area contributed by atoms with Crippen LogP contribution in [0.25, 0.3) is 0 Å². The van der Waals surface area contributed by atoms with Crippen LogP contribution >= 0.6 is 20.6 Å². The van der Waals surface area contributed by atoms with Gasteiger partial charge in [-0.3, -0.25) is 0 Å². The van der Waals surface area contributed by atoms with Gasteiger partial charge in [0.2, 0.25) is 0 Å². The van der Waals surface area contributed by atoms with Crippen LogP contribution in [0.5, 0.6) is 0 Å². The summed E-state index contributed by atoms with van der Waals surface area (Å²) >= 11 is -2.82. The molecule has 1 aromatic carbocycles. The number of hydrogen-bond acceptors (Lipinski definition) is 5. The van der Waals surface area contributed by atoms with Crippen LogP contribution in [-0.4, -0.2) is 17.8 Å². The Labute approximate surface area is 118 Å². The third-order valence-electron chi connectivity index (χ3n) is 1.68. The van der Waals surface area contributed by atoms with Crippen molar-refractivity contribution < 1.29 is 20.5 Å². The molecular weight excluding hydrogens is 365 g/mol. The van der Waals surface area contributed by atoms with Crippen molar-refractivity contribution in [2.45, 2.75) is 20.8 Å². The topological polar surface area (TPSA) is 81.7 Å². The van der Waals surface area contributed by atoms with E-state index in [-0.39, 0.29) is 5.91 Å². The summed E-state index contributed by atoms with van der Waals surface area (Å²) in [7, 11) is 0. The van der Waals surface area contributed by atoms with E-state index in [2.05, 4.69) is 5.32 Å². The van der Waals surface area contributed by atoms with Gasteiger partial charge in [-0.15, -0.1) is 0 Å². The van der Waals surface area contributed by atoms with Crippen LogP contribution in [0.4, 0.5) is 5.69 Å². The molecule has 0 saturated heterocycles. The first kappa shape index (κ1) is 15.4. The van der Waals surface area contributed by atoms with Crippen molar-refractivity contribution in [3.05, 3.63) is 27.8 Å². The maximum atomic E-state index is 11.0. The monoisotopic (exact) mass is 379 g/mol. The van der Waals surface area contributed by atoms with Gasteiger partial charge in [-0.05, 0) is 0 Å². The second-order valence-electron chi connectivity index (χ2n) is 3.55. The van der Waals surface area contributed by atoms with Crippen molar-refractivity contribution in [3.8, 4) is 0 Å². The van der Waals surface area contributed by atoms with Gasteiger partial charge >= 0.3 is 119 Å². The van der Waals surface area contributed by atoms with E-state index in [9.17, 15) is 14.4 Å². The summed E-state index contributed by atoms with van der Waals surface area (Å²) in [6, 6.07) is 6.72. The first-order valence-corrected chi connectivity index (χ1v) is 8.18. The van der Waals surface area contributed by atoms with Crippen LogP contribution in [0.15, 0.2) is 24.3 Å². The molecule has 1 aromatic rings. The number of rotatable bonds is 4. The molecule has 104 valence electrons. The van der Waals surface area contributed by atoms with Crippen LogP contribution in [0.1, 0.15) is 20.8 Å². The number of carbonyl (C=O) groups excluding carboxylic acids is 3. The van der Waals surface area contributed by atoms with Crippen molar-refractivity contribution in [1.29, 1.82) is 0 Å². The zero-order valence-electron chi connectivity index (χ0n) is 10.7. The third-order valence-corrected chi connectivity index (χ3v) is 5.41. The molecule has 7 heteroatoms. The minimum atomic E-state index is -2.82. The van der Waals surface area contributed by atoms with Gasteiger partial charge in [-0.25, -0.2) is 0 Å².